The van der Waals surface area contributed by atoms with Crippen LogP contribution in [0.5, 0.6) is 0 Å². The summed E-state index contributed by atoms with van der Waals surface area (Å²) in [6, 6.07) is 83.7. The van der Waals surface area contributed by atoms with Crippen LogP contribution in [0.15, 0.2) is 264 Å². The van der Waals surface area contributed by atoms with E-state index in [9.17, 15) is 5.26 Å². The molecule has 0 unspecified atom stereocenters. The quantitative estimate of drug-likeness (QED) is 0.168. The lowest BCUT2D eigenvalue weighted by Crippen LogP contribution is -2.26. The monoisotopic (exact) mass is 967 g/mol. The van der Waals surface area contributed by atoms with Gasteiger partial charge >= 0.3 is 0 Å². The second kappa shape index (κ2) is 16.8. The summed E-state index contributed by atoms with van der Waals surface area (Å²) in [5.74, 6) is 0. The second-order valence-electron chi connectivity index (χ2n) is 17.2. The highest BCUT2D eigenvalue weighted by Gasteiger charge is 2.41. The Balaban J connectivity index is 1.24. The summed E-state index contributed by atoms with van der Waals surface area (Å²) in [5.41, 5.74) is 15.4. The summed E-state index contributed by atoms with van der Waals surface area (Å²) in [6.07, 6.45) is 0. The molecule has 0 amide bonds. The molecule has 9 heteroatoms. The van der Waals surface area contributed by atoms with Gasteiger partial charge in [-0.05, 0) is 121 Å². The van der Waals surface area contributed by atoms with Crippen LogP contribution < -0.4 is 19.6 Å². The van der Waals surface area contributed by atoms with Crippen molar-refractivity contribution in [1.29, 1.82) is 5.26 Å². The molecule has 4 aliphatic rings. The van der Waals surface area contributed by atoms with Gasteiger partial charge in [0.25, 0.3) is 0 Å². The summed E-state index contributed by atoms with van der Waals surface area (Å²) in [6.45, 7) is 0. The fraction of sp³-hybridized carbons (Fsp3) is 0. The fourth-order valence-corrected chi connectivity index (χ4v) is 14.5. The lowest BCUT2D eigenvalue weighted by atomic mass is 9.92. The number of hydrogen-bond acceptors (Lipinski definition) is 9. The van der Waals surface area contributed by atoms with Crippen molar-refractivity contribution in [2.75, 3.05) is 19.6 Å². The molecule has 0 spiro atoms. The highest BCUT2D eigenvalue weighted by Crippen LogP contribution is 2.66. The molecule has 0 saturated carbocycles. The Morgan fingerprint density at radius 2 is 0.514 bits per heavy atom. The molecule has 70 heavy (non-hydrogen) atoms. The molecule has 14 rings (SSSR count). The van der Waals surface area contributed by atoms with Crippen LogP contribution in [0.4, 0.5) is 68.2 Å². The third-order valence-corrected chi connectivity index (χ3v) is 17.7. The van der Waals surface area contributed by atoms with Gasteiger partial charge in [-0.1, -0.05) is 156 Å². The first-order valence-electron chi connectivity index (χ1n) is 23.1. The molecule has 0 bridgehead atoms. The highest BCUT2D eigenvalue weighted by atomic mass is 32.2. The van der Waals surface area contributed by atoms with Gasteiger partial charge in [-0.3, -0.25) is 0 Å². The Kier molecular flexibility index (Phi) is 9.88. The first-order chi connectivity index (χ1) is 34.7. The van der Waals surface area contributed by atoms with E-state index in [4.69, 9.17) is 0 Å². The van der Waals surface area contributed by atoms with Crippen LogP contribution in [0, 0.1) is 11.3 Å². The smallest absolute Gasteiger partial charge is 0.0991 e. The Morgan fingerprint density at radius 1 is 0.271 bits per heavy atom. The summed E-state index contributed by atoms with van der Waals surface area (Å²) in [4.78, 5) is 19.4. The summed E-state index contributed by atoms with van der Waals surface area (Å²) in [7, 11) is 0. The number of nitriles is 1. The van der Waals surface area contributed by atoms with Crippen molar-refractivity contribution in [1.82, 2.24) is 0 Å². The van der Waals surface area contributed by atoms with E-state index in [1.54, 1.807) is 0 Å². The van der Waals surface area contributed by atoms with Gasteiger partial charge in [0, 0.05) is 44.7 Å². The molecule has 5 nitrogen and oxygen atoms in total. The van der Waals surface area contributed by atoms with Crippen molar-refractivity contribution in [2.24, 2.45) is 0 Å². The molecule has 4 aliphatic heterocycles. The fourth-order valence-electron chi connectivity index (χ4n) is 10.2. The Labute approximate surface area is 423 Å². The normalized spacial score (nSPS) is 13.6. The molecule has 4 heterocycles. The maximum atomic E-state index is 10.4. The minimum absolute atomic E-state index is 0.602. The zero-order valence-corrected chi connectivity index (χ0v) is 40.5. The highest BCUT2D eigenvalue weighted by molar-refractivity contribution is 8.00. The average molecular weight is 968 g/mol. The number of fused-ring (bicyclic) bond motifs is 8. The molecule has 330 valence electrons. The van der Waals surface area contributed by atoms with E-state index in [2.05, 4.69) is 238 Å². The van der Waals surface area contributed by atoms with Crippen LogP contribution in [-0.4, -0.2) is 0 Å². The van der Waals surface area contributed by atoms with Crippen LogP contribution in [-0.2, 0) is 0 Å². The van der Waals surface area contributed by atoms with Crippen molar-refractivity contribution in [3.63, 3.8) is 0 Å². The van der Waals surface area contributed by atoms with Gasteiger partial charge in [0.1, 0.15) is 0 Å². The lowest BCUT2D eigenvalue weighted by molar-refractivity contribution is 1.10. The van der Waals surface area contributed by atoms with Crippen LogP contribution in [0.2, 0.25) is 0 Å². The van der Waals surface area contributed by atoms with E-state index in [-0.39, 0.29) is 0 Å². The van der Waals surface area contributed by atoms with Crippen LogP contribution >= 0.6 is 47.0 Å². The van der Waals surface area contributed by atoms with Gasteiger partial charge in [-0.15, -0.1) is 0 Å². The third-order valence-electron chi connectivity index (χ3n) is 13.2. The van der Waals surface area contributed by atoms with Gasteiger partial charge in [0.05, 0.1) is 79.9 Å². The number of anilines is 12. The minimum atomic E-state index is 0.602. The van der Waals surface area contributed by atoms with Gasteiger partial charge in [-0.25, -0.2) is 0 Å². The van der Waals surface area contributed by atoms with Crippen molar-refractivity contribution in [3.05, 3.63) is 230 Å². The Hall–Kier alpha value is -7.71. The maximum absolute atomic E-state index is 10.4. The number of para-hydroxylation sites is 8. The standard InChI is InChI=1S/C61H37N5S4/c62-38-39-33-35-40(36-34-39)59-60(65-45-21-5-13-29-55(45)69-56-30-14-6-22-46(56)65)49(63-41-17-1-9-25-51(41)67-52-26-10-2-18-42(52)63)37-50(64-43-19-3-11-27-53(43)68-54-28-12-4-20-44(54)64)61(59)66-47-23-7-15-31-57(47)70-58-32-16-8-24-48(58)66/h1-37H. The molecule has 0 radical (unpaired) electrons. The average Bonchev–Trinajstić information content (AvgIpc) is 3.42. The number of benzene rings is 10. The topological polar surface area (TPSA) is 36.8 Å². The lowest BCUT2D eigenvalue weighted by Gasteiger charge is -2.44. The number of hydrogen-bond donors (Lipinski definition) is 0. The molecule has 0 aromatic heterocycles. The Morgan fingerprint density at radius 3 is 0.771 bits per heavy atom. The largest absolute Gasteiger partial charge is 0.306 e. The van der Waals surface area contributed by atoms with Crippen molar-refractivity contribution in [3.8, 4) is 17.2 Å². The van der Waals surface area contributed by atoms with E-state index >= 15 is 0 Å². The van der Waals surface area contributed by atoms with E-state index in [1.165, 1.54) is 39.2 Å². The van der Waals surface area contributed by atoms with Crippen molar-refractivity contribution in [2.45, 2.75) is 39.2 Å². The molecular formula is C61H37N5S4. The zero-order valence-electron chi connectivity index (χ0n) is 37.2. The van der Waals surface area contributed by atoms with Crippen LogP contribution in [0.25, 0.3) is 11.1 Å². The predicted octanol–water partition coefficient (Wildman–Crippen LogP) is 19.0. The number of nitrogens with zero attached hydrogens (tertiary/aromatic N) is 5. The van der Waals surface area contributed by atoms with Gasteiger partial charge < -0.3 is 19.6 Å². The van der Waals surface area contributed by atoms with E-state index in [1.807, 2.05) is 59.2 Å². The molecule has 0 N–H and O–H groups in total. The third kappa shape index (κ3) is 6.52. The SMILES string of the molecule is N#Cc1ccc(-c2c(N3c4ccccc4Sc4ccccc43)c(N3c4ccccc4Sc4ccccc43)cc(N3c4ccccc4Sc4ccccc43)c2N2c3ccccc3Sc3ccccc32)cc1. The predicted molar refractivity (Wildman–Crippen MR) is 292 cm³/mol. The first-order valence-corrected chi connectivity index (χ1v) is 26.3. The molecule has 0 aliphatic carbocycles. The molecule has 10 aromatic rings. The summed E-state index contributed by atoms with van der Waals surface area (Å²) in [5, 5.41) is 10.4. The molecule has 0 saturated heterocycles. The van der Waals surface area contributed by atoms with E-state index in [0.29, 0.717) is 5.56 Å². The second-order valence-corrected chi connectivity index (χ2v) is 21.5. The molecule has 0 fully saturated rings. The van der Waals surface area contributed by atoms with E-state index < -0.39 is 0 Å². The van der Waals surface area contributed by atoms with Crippen molar-refractivity contribution < 1.29 is 0 Å². The summed E-state index contributed by atoms with van der Waals surface area (Å²) >= 11 is 7.25. The van der Waals surface area contributed by atoms with Crippen molar-refractivity contribution >= 4 is 115 Å². The van der Waals surface area contributed by atoms with Gasteiger partial charge in [0.2, 0.25) is 0 Å². The first kappa shape index (κ1) is 41.3. The molecule has 0 atom stereocenters. The zero-order chi connectivity index (χ0) is 46.3. The van der Waals surface area contributed by atoms with Gasteiger partial charge in [0.15, 0.2) is 0 Å². The van der Waals surface area contributed by atoms with Crippen LogP contribution in [0.1, 0.15) is 5.56 Å². The maximum Gasteiger partial charge on any atom is 0.0991 e. The van der Waals surface area contributed by atoms with Gasteiger partial charge in [-0.2, -0.15) is 5.26 Å². The van der Waals surface area contributed by atoms with E-state index in [0.717, 1.165) is 79.4 Å². The molecular weight excluding hydrogens is 931 g/mol. The molecule has 10 aromatic carbocycles. The Bertz CT molecular complexity index is 3410. The summed E-state index contributed by atoms with van der Waals surface area (Å²) < 4.78 is 0. The number of rotatable bonds is 5. The minimum Gasteiger partial charge on any atom is -0.306 e. The van der Waals surface area contributed by atoms with Crippen LogP contribution in [0.3, 0.4) is 0 Å².